The van der Waals surface area contributed by atoms with E-state index in [9.17, 15) is 8.42 Å². The third-order valence-corrected chi connectivity index (χ3v) is 3.44. The van der Waals surface area contributed by atoms with Crippen molar-refractivity contribution in [2.24, 2.45) is 5.14 Å². The Kier molecular flexibility index (Phi) is 2.76. The van der Waals surface area contributed by atoms with Crippen molar-refractivity contribution < 1.29 is 8.42 Å². The summed E-state index contributed by atoms with van der Waals surface area (Å²) in [7, 11) is -0.0130. The lowest BCUT2D eigenvalue weighted by Crippen LogP contribution is -2.14. The summed E-state index contributed by atoms with van der Waals surface area (Å²) in [5, 5.41) is 6.55. The van der Waals surface area contributed by atoms with Gasteiger partial charge in [0.15, 0.2) is 0 Å². The molecule has 1 heterocycles. The van der Waals surface area contributed by atoms with E-state index in [4.69, 9.17) is 5.14 Å². The second-order valence-corrected chi connectivity index (χ2v) is 5.46. The Morgan fingerprint density at radius 2 is 1.88 bits per heavy atom. The highest BCUT2D eigenvalue weighted by atomic mass is 32.2. The fourth-order valence-electron chi connectivity index (χ4n) is 1.77. The van der Waals surface area contributed by atoms with Gasteiger partial charge in [-0.3, -0.25) is 0 Å². The predicted octanol–water partition coefficient (Wildman–Crippen LogP) is 0.948. The molecule has 0 aliphatic heterocycles. The standard InChI is InChI=1S/C11H13N3O2S/c1-14(2)11-9-4-3-5-10(17(12,15)16)8(9)6-7-13-11/h3-7H,1-2H3,(H2,12,15,16). The SMILES string of the molecule is CN(C)c1nccc2c(S(N)(=O)=O)cccc12. The molecule has 0 aliphatic carbocycles. The van der Waals surface area contributed by atoms with Crippen molar-refractivity contribution in [2.45, 2.75) is 4.90 Å². The van der Waals surface area contributed by atoms with Gasteiger partial charge in [0.2, 0.25) is 10.0 Å². The van der Waals surface area contributed by atoms with Gasteiger partial charge in [-0.05, 0) is 12.1 Å². The summed E-state index contributed by atoms with van der Waals surface area (Å²) in [6.07, 6.45) is 1.58. The van der Waals surface area contributed by atoms with Crippen LogP contribution in [-0.2, 0) is 10.0 Å². The van der Waals surface area contributed by atoms with Crippen molar-refractivity contribution in [3.8, 4) is 0 Å². The van der Waals surface area contributed by atoms with Crippen LogP contribution in [0.15, 0.2) is 35.4 Å². The average Bonchev–Trinajstić information content (AvgIpc) is 2.26. The van der Waals surface area contributed by atoms with Crippen LogP contribution in [0.3, 0.4) is 0 Å². The van der Waals surface area contributed by atoms with Gasteiger partial charge in [0.25, 0.3) is 0 Å². The molecule has 0 amide bonds. The summed E-state index contributed by atoms with van der Waals surface area (Å²) in [5.74, 6) is 0.716. The van der Waals surface area contributed by atoms with E-state index in [1.165, 1.54) is 6.07 Å². The number of primary sulfonamides is 1. The van der Waals surface area contributed by atoms with E-state index >= 15 is 0 Å². The van der Waals surface area contributed by atoms with Crippen LogP contribution >= 0.6 is 0 Å². The Hall–Kier alpha value is -1.66. The number of nitrogens with zero attached hydrogens (tertiary/aromatic N) is 2. The maximum absolute atomic E-state index is 11.5. The Bertz CT molecular complexity index is 665. The number of benzene rings is 1. The molecule has 0 saturated carbocycles. The van der Waals surface area contributed by atoms with Crippen molar-refractivity contribution in [3.63, 3.8) is 0 Å². The third kappa shape index (κ3) is 2.09. The maximum atomic E-state index is 11.5. The molecule has 5 nitrogen and oxygen atoms in total. The molecule has 0 atom stereocenters. The van der Waals surface area contributed by atoms with Gasteiger partial charge in [0.05, 0.1) is 4.90 Å². The van der Waals surface area contributed by atoms with E-state index in [0.29, 0.717) is 11.2 Å². The minimum atomic E-state index is -3.72. The highest BCUT2D eigenvalue weighted by Gasteiger charge is 2.14. The van der Waals surface area contributed by atoms with Crippen LogP contribution in [0.5, 0.6) is 0 Å². The first-order chi connectivity index (χ1) is 7.91. The molecular formula is C11H13N3O2S. The molecule has 1 aromatic carbocycles. The predicted molar refractivity (Wildman–Crippen MR) is 67.4 cm³/mol. The quantitative estimate of drug-likeness (QED) is 0.862. The molecule has 0 unspecified atom stereocenters. The molecule has 17 heavy (non-hydrogen) atoms. The first kappa shape index (κ1) is 11.8. The van der Waals surface area contributed by atoms with Gasteiger partial charge < -0.3 is 4.90 Å². The number of aromatic nitrogens is 1. The topological polar surface area (TPSA) is 76.3 Å². The van der Waals surface area contributed by atoms with Crippen LogP contribution in [0.1, 0.15) is 0 Å². The Balaban J connectivity index is 2.89. The highest BCUT2D eigenvalue weighted by molar-refractivity contribution is 7.89. The third-order valence-electron chi connectivity index (χ3n) is 2.48. The lowest BCUT2D eigenvalue weighted by Gasteiger charge is -2.14. The van der Waals surface area contributed by atoms with Crippen molar-refractivity contribution in [2.75, 3.05) is 19.0 Å². The summed E-state index contributed by atoms with van der Waals surface area (Å²) in [6, 6.07) is 6.64. The fourth-order valence-corrected chi connectivity index (χ4v) is 2.52. The van der Waals surface area contributed by atoms with Crippen LogP contribution in [-0.4, -0.2) is 27.5 Å². The number of sulfonamides is 1. The number of fused-ring (bicyclic) bond motifs is 1. The number of anilines is 1. The molecule has 2 aromatic rings. The van der Waals surface area contributed by atoms with Gasteiger partial charge in [-0.25, -0.2) is 18.5 Å². The molecular weight excluding hydrogens is 238 g/mol. The zero-order valence-electron chi connectivity index (χ0n) is 9.58. The molecule has 0 saturated heterocycles. The monoisotopic (exact) mass is 251 g/mol. The summed E-state index contributed by atoms with van der Waals surface area (Å²) in [5.41, 5.74) is 0. The Labute approximate surface area is 99.9 Å². The van der Waals surface area contributed by atoms with Gasteiger partial charge in [-0.15, -0.1) is 0 Å². The second kappa shape index (κ2) is 3.97. The molecule has 2 rings (SSSR count). The average molecular weight is 251 g/mol. The zero-order valence-corrected chi connectivity index (χ0v) is 10.4. The summed E-state index contributed by atoms with van der Waals surface area (Å²) >= 11 is 0. The second-order valence-electron chi connectivity index (χ2n) is 3.93. The van der Waals surface area contributed by atoms with Crippen LogP contribution in [0.25, 0.3) is 10.8 Å². The highest BCUT2D eigenvalue weighted by Crippen LogP contribution is 2.27. The van der Waals surface area contributed by atoms with Crippen molar-refractivity contribution >= 4 is 26.6 Å². The van der Waals surface area contributed by atoms with E-state index in [2.05, 4.69) is 4.98 Å². The van der Waals surface area contributed by atoms with E-state index in [-0.39, 0.29) is 4.90 Å². The summed E-state index contributed by atoms with van der Waals surface area (Å²) in [6.45, 7) is 0. The first-order valence-corrected chi connectivity index (χ1v) is 6.54. The fraction of sp³-hybridized carbons (Fsp3) is 0.182. The number of hydrogen-bond acceptors (Lipinski definition) is 4. The maximum Gasteiger partial charge on any atom is 0.238 e. The smallest absolute Gasteiger partial charge is 0.238 e. The van der Waals surface area contributed by atoms with Gasteiger partial charge in [-0.2, -0.15) is 0 Å². The van der Waals surface area contributed by atoms with Gasteiger partial charge in [-0.1, -0.05) is 12.1 Å². The molecule has 6 heteroatoms. The van der Waals surface area contributed by atoms with E-state index < -0.39 is 10.0 Å². The van der Waals surface area contributed by atoms with E-state index in [0.717, 1.165) is 5.39 Å². The Morgan fingerprint density at radius 1 is 1.18 bits per heavy atom. The minimum absolute atomic E-state index is 0.125. The van der Waals surface area contributed by atoms with Crippen LogP contribution in [0.2, 0.25) is 0 Å². The lowest BCUT2D eigenvalue weighted by atomic mass is 10.1. The number of hydrogen-bond donors (Lipinski definition) is 1. The minimum Gasteiger partial charge on any atom is -0.362 e. The first-order valence-electron chi connectivity index (χ1n) is 4.99. The molecule has 0 spiro atoms. The molecule has 90 valence electrons. The number of nitrogens with two attached hydrogens (primary N) is 1. The number of pyridine rings is 1. The van der Waals surface area contributed by atoms with Gasteiger partial charge in [0, 0.05) is 31.1 Å². The van der Waals surface area contributed by atoms with E-state index in [1.807, 2.05) is 25.1 Å². The molecule has 0 radical (unpaired) electrons. The van der Waals surface area contributed by atoms with Crippen molar-refractivity contribution in [1.82, 2.24) is 4.98 Å². The summed E-state index contributed by atoms with van der Waals surface area (Å²) in [4.78, 5) is 6.17. The van der Waals surface area contributed by atoms with E-state index in [1.54, 1.807) is 18.3 Å². The lowest BCUT2D eigenvalue weighted by molar-refractivity contribution is 0.598. The molecule has 0 bridgehead atoms. The molecule has 2 N–H and O–H groups in total. The van der Waals surface area contributed by atoms with Gasteiger partial charge >= 0.3 is 0 Å². The largest absolute Gasteiger partial charge is 0.362 e. The summed E-state index contributed by atoms with van der Waals surface area (Å²) < 4.78 is 22.9. The molecule has 0 fully saturated rings. The van der Waals surface area contributed by atoms with Crippen molar-refractivity contribution in [3.05, 3.63) is 30.5 Å². The van der Waals surface area contributed by atoms with Crippen molar-refractivity contribution in [1.29, 1.82) is 0 Å². The molecule has 1 aromatic heterocycles. The molecule has 0 aliphatic rings. The van der Waals surface area contributed by atoms with Crippen LogP contribution in [0.4, 0.5) is 5.82 Å². The Morgan fingerprint density at radius 3 is 2.47 bits per heavy atom. The normalized spacial score (nSPS) is 11.7. The van der Waals surface area contributed by atoms with Crippen LogP contribution in [0, 0.1) is 0 Å². The van der Waals surface area contributed by atoms with Gasteiger partial charge in [0.1, 0.15) is 5.82 Å². The number of rotatable bonds is 2. The zero-order chi connectivity index (χ0) is 12.6. The van der Waals surface area contributed by atoms with Crippen LogP contribution < -0.4 is 10.0 Å².